The van der Waals surface area contributed by atoms with E-state index in [1.165, 1.54) is 18.3 Å². The van der Waals surface area contributed by atoms with Crippen LogP contribution in [0.5, 0.6) is 0 Å². The maximum atomic E-state index is 13.0. The SMILES string of the molecule is Cc1cc(Cl)ncc1NC(=O)Cc1cccc(F)c1. The second-order valence-electron chi connectivity index (χ2n) is 4.18. The molecule has 0 aliphatic carbocycles. The van der Waals surface area contributed by atoms with E-state index in [9.17, 15) is 9.18 Å². The lowest BCUT2D eigenvalue weighted by atomic mass is 10.1. The fraction of sp³-hybridized carbons (Fsp3) is 0.143. The molecule has 1 aromatic carbocycles. The van der Waals surface area contributed by atoms with Crippen molar-refractivity contribution in [2.75, 3.05) is 5.32 Å². The molecule has 0 unspecified atom stereocenters. The van der Waals surface area contributed by atoms with Gasteiger partial charge < -0.3 is 5.32 Å². The van der Waals surface area contributed by atoms with Gasteiger partial charge >= 0.3 is 0 Å². The zero-order valence-electron chi connectivity index (χ0n) is 10.3. The number of carbonyl (C=O) groups excluding carboxylic acids is 1. The molecule has 3 nitrogen and oxygen atoms in total. The molecule has 0 bridgehead atoms. The summed E-state index contributed by atoms with van der Waals surface area (Å²) < 4.78 is 13.0. The lowest BCUT2D eigenvalue weighted by Crippen LogP contribution is -2.15. The van der Waals surface area contributed by atoms with E-state index in [4.69, 9.17) is 11.6 Å². The third-order valence-corrected chi connectivity index (χ3v) is 2.81. The van der Waals surface area contributed by atoms with Crippen molar-refractivity contribution in [1.82, 2.24) is 4.98 Å². The second kappa shape index (κ2) is 5.80. The van der Waals surface area contributed by atoms with Gasteiger partial charge in [-0.15, -0.1) is 0 Å². The van der Waals surface area contributed by atoms with E-state index in [1.807, 2.05) is 6.92 Å². The summed E-state index contributed by atoms with van der Waals surface area (Å²) in [5.74, 6) is -0.576. The summed E-state index contributed by atoms with van der Waals surface area (Å²) in [5, 5.41) is 3.10. The molecule has 0 aliphatic heterocycles. The van der Waals surface area contributed by atoms with Crippen LogP contribution in [0.1, 0.15) is 11.1 Å². The van der Waals surface area contributed by atoms with Crippen molar-refractivity contribution in [1.29, 1.82) is 0 Å². The van der Waals surface area contributed by atoms with Gasteiger partial charge in [-0.2, -0.15) is 0 Å². The van der Waals surface area contributed by atoms with Gasteiger partial charge in [0, 0.05) is 0 Å². The van der Waals surface area contributed by atoms with E-state index in [1.54, 1.807) is 18.2 Å². The second-order valence-corrected chi connectivity index (χ2v) is 4.56. The van der Waals surface area contributed by atoms with E-state index < -0.39 is 0 Å². The molecule has 0 radical (unpaired) electrons. The first-order valence-corrected chi connectivity index (χ1v) is 6.09. The van der Waals surface area contributed by atoms with E-state index in [0.29, 0.717) is 16.4 Å². The van der Waals surface area contributed by atoms with E-state index in [0.717, 1.165) is 5.56 Å². The van der Waals surface area contributed by atoms with Crippen molar-refractivity contribution in [2.45, 2.75) is 13.3 Å². The van der Waals surface area contributed by atoms with Gasteiger partial charge in [0.15, 0.2) is 0 Å². The van der Waals surface area contributed by atoms with E-state index in [2.05, 4.69) is 10.3 Å². The quantitative estimate of drug-likeness (QED) is 0.875. The Bertz CT molecular complexity index is 616. The Morgan fingerprint density at radius 1 is 1.42 bits per heavy atom. The molecule has 1 heterocycles. The van der Waals surface area contributed by atoms with Crippen LogP contribution in [0.15, 0.2) is 36.5 Å². The number of carbonyl (C=O) groups is 1. The smallest absolute Gasteiger partial charge is 0.228 e. The molecule has 1 N–H and O–H groups in total. The van der Waals surface area contributed by atoms with Crippen LogP contribution in [0.2, 0.25) is 5.15 Å². The number of halogens is 2. The minimum Gasteiger partial charge on any atom is -0.324 e. The Morgan fingerprint density at radius 2 is 2.21 bits per heavy atom. The molecule has 0 atom stereocenters. The predicted octanol–water partition coefficient (Wildman–Crippen LogP) is 3.36. The third kappa shape index (κ3) is 3.76. The monoisotopic (exact) mass is 278 g/mol. The van der Waals surface area contributed by atoms with Crippen molar-refractivity contribution >= 4 is 23.2 Å². The van der Waals surface area contributed by atoms with Crippen molar-refractivity contribution in [2.24, 2.45) is 0 Å². The van der Waals surface area contributed by atoms with Gasteiger partial charge in [-0.1, -0.05) is 23.7 Å². The van der Waals surface area contributed by atoms with Crippen molar-refractivity contribution in [3.8, 4) is 0 Å². The van der Waals surface area contributed by atoms with Gasteiger partial charge in [-0.25, -0.2) is 9.37 Å². The van der Waals surface area contributed by atoms with Crippen LogP contribution < -0.4 is 5.32 Å². The topological polar surface area (TPSA) is 42.0 Å². The van der Waals surface area contributed by atoms with Gasteiger partial charge in [0.1, 0.15) is 11.0 Å². The summed E-state index contributed by atoms with van der Waals surface area (Å²) in [6.07, 6.45) is 1.61. The molecule has 0 saturated heterocycles. The Hall–Kier alpha value is -1.94. The molecule has 1 aromatic heterocycles. The Labute approximate surface area is 115 Å². The summed E-state index contributed by atoms with van der Waals surface area (Å²) in [6.45, 7) is 1.82. The van der Waals surface area contributed by atoms with Gasteiger partial charge in [0.25, 0.3) is 0 Å². The van der Waals surface area contributed by atoms with Crippen LogP contribution in [0, 0.1) is 12.7 Å². The molecule has 0 aliphatic rings. The van der Waals surface area contributed by atoms with Crippen LogP contribution in [0.25, 0.3) is 0 Å². The molecule has 0 spiro atoms. The highest BCUT2D eigenvalue weighted by Crippen LogP contribution is 2.17. The number of nitrogens with zero attached hydrogens (tertiary/aromatic N) is 1. The highest BCUT2D eigenvalue weighted by molar-refractivity contribution is 6.29. The molecule has 5 heteroatoms. The third-order valence-electron chi connectivity index (χ3n) is 2.61. The maximum Gasteiger partial charge on any atom is 0.228 e. The van der Waals surface area contributed by atoms with Crippen LogP contribution in [-0.4, -0.2) is 10.9 Å². The maximum absolute atomic E-state index is 13.0. The van der Waals surface area contributed by atoms with Crippen LogP contribution >= 0.6 is 11.6 Å². The minimum absolute atomic E-state index is 0.111. The molecule has 0 fully saturated rings. The lowest BCUT2D eigenvalue weighted by Gasteiger charge is -2.08. The molecule has 1 amide bonds. The molecular weight excluding hydrogens is 267 g/mol. The first-order valence-electron chi connectivity index (χ1n) is 5.71. The van der Waals surface area contributed by atoms with Crippen LogP contribution in [-0.2, 0) is 11.2 Å². The number of amides is 1. The lowest BCUT2D eigenvalue weighted by molar-refractivity contribution is -0.115. The largest absolute Gasteiger partial charge is 0.324 e. The predicted molar refractivity (Wildman–Crippen MR) is 72.7 cm³/mol. The number of hydrogen-bond donors (Lipinski definition) is 1. The molecule has 2 aromatic rings. The average Bonchev–Trinajstić information content (AvgIpc) is 2.33. The number of benzene rings is 1. The van der Waals surface area contributed by atoms with Gasteiger partial charge in [-0.05, 0) is 36.2 Å². The molecule has 98 valence electrons. The minimum atomic E-state index is -0.352. The Morgan fingerprint density at radius 3 is 2.89 bits per heavy atom. The fourth-order valence-corrected chi connectivity index (χ4v) is 1.89. The molecule has 19 heavy (non-hydrogen) atoms. The number of pyridine rings is 1. The number of nitrogens with one attached hydrogen (secondary N) is 1. The van der Waals surface area contributed by atoms with Crippen molar-refractivity contribution in [3.05, 3.63) is 58.6 Å². The highest BCUT2D eigenvalue weighted by Gasteiger charge is 2.07. The number of anilines is 1. The summed E-state index contributed by atoms with van der Waals surface area (Å²) in [7, 11) is 0. The normalized spacial score (nSPS) is 10.3. The zero-order valence-corrected chi connectivity index (χ0v) is 11.0. The Balaban J connectivity index is 2.05. The molecule has 0 saturated carbocycles. The summed E-state index contributed by atoms with van der Waals surface area (Å²) >= 11 is 5.74. The number of aryl methyl sites for hydroxylation is 1. The van der Waals surface area contributed by atoms with Gasteiger partial charge in [0.05, 0.1) is 18.3 Å². The van der Waals surface area contributed by atoms with Crippen LogP contribution in [0.3, 0.4) is 0 Å². The number of rotatable bonds is 3. The van der Waals surface area contributed by atoms with E-state index in [-0.39, 0.29) is 18.1 Å². The Kier molecular flexibility index (Phi) is 4.12. The zero-order chi connectivity index (χ0) is 13.8. The highest BCUT2D eigenvalue weighted by atomic mass is 35.5. The van der Waals surface area contributed by atoms with Crippen LogP contribution in [0.4, 0.5) is 10.1 Å². The summed E-state index contributed by atoms with van der Waals surface area (Å²) in [4.78, 5) is 15.7. The summed E-state index contributed by atoms with van der Waals surface area (Å²) in [6, 6.07) is 7.63. The standard InChI is InChI=1S/C14H12ClFN2O/c1-9-5-13(15)17-8-12(9)18-14(19)7-10-3-2-4-11(16)6-10/h2-6,8H,7H2,1H3,(H,18,19). The van der Waals surface area contributed by atoms with Gasteiger partial charge in [0.2, 0.25) is 5.91 Å². The first kappa shape index (κ1) is 13.5. The van der Waals surface area contributed by atoms with E-state index >= 15 is 0 Å². The number of hydrogen-bond acceptors (Lipinski definition) is 2. The fourth-order valence-electron chi connectivity index (χ4n) is 1.68. The average molecular weight is 279 g/mol. The van der Waals surface area contributed by atoms with Crippen molar-refractivity contribution in [3.63, 3.8) is 0 Å². The van der Waals surface area contributed by atoms with Gasteiger partial charge in [-0.3, -0.25) is 4.79 Å². The van der Waals surface area contributed by atoms with Crippen molar-refractivity contribution < 1.29 is 9.18 Å². The molecule has 2 rings (SSSR count). The number of aromatic nitrogens is 1. The first-order chi connectivity index (χ1) is 9.04. The molecular formula is C14H12ClFN2O. The summed E-state index contributed by atoms with van der Waals surface area (Å²) in [5.41, 5.74) is 2.05.